The van der Waals surface area contributed by atoms with Crippen LogP contribution in [0.2, 0.25) is 0 Å². The summed E-state index contributed by atoms with van der Waals surface area (Å²) in [7, 11) is 0. The predicted molar refractivity (Wildman–Crippen MR) is 120 cm³/mol. The molecule has 2 aromatic carbocycles. The Labute approximate surface area is 184 Å². The lowest BCUT2D eigenvalue weighted by atomic mass is 10.2. The standard InChI is InChI=1S/C24H22O6S/c25-21(13-11-19-7-3-1-4-8-19)29-23(27)15-17-31-18-16-24(28)30-22(26)14-12-20-9-5-2-6-10-20/h1-14H,15-18H2. The first-order chi connectivity index (χ1) is 15.0. The van der Waals surface area contributed by atoms with Crippen molar-refractivity contribution >= 4 is 47.8 Å². The molecule has 2 rings (SSSR count). The van der Waals surface area contributed by atoms with Gasteiger partial charge in [0.15, 0.2) is 0 Å². The Hall–Kier alpha value is -3.45. The summed E-state index contributed by atoms with van der Waals surface area (Å²) in [6.07, 6.45) is 5.57. The SMILES string of the molecule is O=C(C=Cc1ccccc1)OC(=O)CCSCCC(=O)OC(=O)C=Cc1ccccc1. The van der Waals surface area contributed by atoms with Crippen molar-refractivity contribution in [3.63, 3.8) is 0 Å². The molecule has 2 aromatic rings. The number of hydrogen-bond acceptors (Lipinski definition) is 7. The number of esters is 4. The van der Waals surface area contributed by atoms with Crippen LogP contribution >= 0.6 is 11.8 Å². The number of carbonyl (C=O) groups is 4. The largest absolute Gasteiger partial charge is 0.390 e. The van der Waals surface area contributed by atoms with E-state index in [0.29, 0.717) is 11.5 Å². The average Bonchev–Trinajstić information content (AvgIpc) is 2.77. The Bertz CT molecular complexity index is 858. The van der Waals surface area contributed by atoms with E-state index in [1.54, 1.807) is 12.2 Å². The molecule has 0 N–H and O–H groups in total. The molecule has 0 radical (unpaired) electrons. The normalized spacial score (nSPS) is 10.8. The zero-order valence-corrected chi connectivity index (χ0v) is 17.6. The summed E-state index contributed by atoms with van der Waals surface area (Å²) in [4.78, 5) is 46.6. The summed E-state index contributed by atoms with van der Waals surface area (Å²) in [5.74, 6) is -1.99. The molecule has 0 saturated carbocycles. The second-order valence-electron chi connectivity index (χ2n) is 6.19. The Kier molecular flexibility index (Phi) is 10.5. The number of rotatable bonds is 10. The fourth-order valence-electron chi connectivity index (χ4n) is 2.26. The Balaban J connectivity index is 1.55. The molecule has 0 saturated heterocycles. The minimum atomic E-state index is -0.732. The smallest absolute Gasteiger partial charge is 0.338 e. The van der Waals surface area contributed by atoms with Crippen molar-refractivity contribution in [1.29, 1.82) is 0 Å². The summed E-state index contributed by atoms with van der Waals surface area (Å²) in [6, 6.07) is 18.3. The van der Waals surface area contributed by atoms with Crippen LogP contribution < -0.4 is 0 Å². The third kappa shape index (κ3) is 10.8. The van der Waals surface area contributed by atoms with E-state index in [-0.39, 0.29) is 12.8 Å². The maximum absolute atomic E-state index is 11.7. The third-order valence-electron chi connectivity index (χ3n) is 3.75. The van der Waals surface area contributed by atoms with Crippen LogP contribution in [0, 0.1) is 0 Å². The molecule has 0 spiro atoms. The van der Waals surface area contributed by atoms with Crippen molar-refractivity contribution < 1.29 is 28.7 Å². The Morgan fingerprint density at radius 1 is 0.645 bits per heavy atom. The monoisotopic (exact) mass is 438 g/mol. The van der Waals surface area contributed by atoms with Crippen molar-refractivity contribution in [2.45, 2.75) is 12.8 Å². The van der Waals surface area contributed by atoms with Crippen LogP contribution in [-0.4, -0.2) is 35.4 Å². The first-order valence-electron chi connectivity index (χ1n) is 9.56. The summed E-state index contributed by atoms with van der Waals surface area (Å²) in [5, 5.41) is 0. The van der Waals surface area contributed by atoms with Crippen LogP contribution in [-0.2, 0) is 28.7 Å². The molecule has 160 valence electrons. The van der Waals surface area contributed by atoms with E-state index in [1.807, 2.05) is 60.7 Å². The fraction of sp³-hybridized carbons (Fsp3) is 0.167. The molecule has 0 heterocycles. The highest BCUT2D eigenvalue weighted by atomic mass is 32.2. The first kappa shape index (κ1) is 23.8. The van der Waals surface area contributed by atoms with Crippen molar-refractivity contribution in [2.75, 3.05) is 11.5 Å². The van der Waals surface area contributed by atoms with E-state index in [9.17, 15) is 19.2 Å². The highest BCUT2D eigenvalue weighted by Crippen LogP contribution is 2.08. The van der Waals surface area contributed by atoms with Gasteiger partial charge in [-0.3, -0.25) is 9.59 Å². The maximum atomic E-state index is 11.7. The molecular weight excluding hydrogens is 416 g/mol. The zero-order valence-electron chi connectivity index (χ0n) is 16.8. The van der Waals surface area contributed by atoms with Crippen molar-refractivity contribution in [1.82, 2.24) is 0 Å². The van der Waals surface area contributed by atoms with Gasteiger partial charge in [0.2, 0.25) is 0 Å². The van der Waals surface area contributed by atoms with Crippen LogP contribution in [0.4, 0.5) is 0 Å². The van der Waals surface area contributed by atoms with Gasteiger partial charge in [0.1, 0.15) is 0 Å². The van der Waals surface area contributed by atoms with Gasteiger partial charge < -0.3 is 9.47 Å². The lowest BCUT2D eigenvalue weighted by Crippen LogP contribution is -2.12. The van der Waals surface area contributed by atoms with Gasteiger partial charge in [-0.05, 0) is 23.3 Å². The summed E-state index contributed by atoms with van der Waals surface area (Å²) in [5.41, 5.74) is 1.65. The van der Waals surface area contributed by atoms with Gasteiger partial charge >= 0.3 is 23.9 Å². The molecule has 6 nitrogen and oxygen atoms in total. The molecule has 7 heteroatoms. The second-order valence-corrected chi connectivity index (χ2v) is 7.41. The average molecular weight is 439 g/mol. The van der Waals surface area contributed by atoms with Crippen LogP contribution in [0.5, 0.6) is 0 Å². The van der Waals surface area contributed by atoms with Crippen molar-refractivity contribution in [3.05, 3.63) is 83.9 Å². The highest BCUT2D eigenvalue weighted by Gasteiger charge is 2.10. The van der Waals surface area contributed by atoms with Crippen molar-refractivity contribution in [3.8, 4) is 0 Å². The van der Waals surface area contributed by atoms with Gasteiger partial charge in [-0.1, -0.05) is 60.7 Å². The summed E-state index contributed by atoms with van der Waals surface area (Å²) >= 11 is 1.32. The Morgan fingerprint density at radius 2 is 1.03 bits per heavy atom. The van der Waals surface area contributed by atoms with E-state index in [4.69, 9.17) is 9.47 Å². The van der Waals surface area contributed by atoms with E-state index in [0.717, 1.165) is 11.1 Å². The van der Waals surface area contributed by atoms with Crippen LogP contribution in [0.15, 0.2) is 72.8 Å². The minimum absolute atomic E-state index is 0.0311. The van der Waals surface area contributed by atoms with Gasteiger partial charge in [-0.2, -0.15) is 11.8 Å². The van der Waals surface area contributed by atoms with Crippen LogP contribution in [0.25, 0.3) is 12.2 Å². The van der Waals surface area contributed by atoms with Crippen LogP contribution in [0.1, 0.15) is 24.0 Å². The third-order valence-corrected chi connectivity index (χ3v) is 4.74. The lowest BCUT2D eigenvalue weighted by Gasteiger charge is -2.02. The molecule has 0 unspecified atom stereocenters. The molecule has 0 aliphatic rings. The summed E-state index contributed by atoms with van der Waals surface area (Å²) in [6.45, 7) is 0. The van der Waals surface area contributed by atoms with Gasteiger partial charge in [0.25, 0.3) is 0 Å². The fourth-order valence-corrected chi connectivity index (χ4v) is 3.09. The summed E-state index contributed by atoms with van der Waals surface area (Å²) < 4.78 is 9.39. The number of ether oxygens (including phenoxy) is 2. The number of hydrogen-bond donors (Lipinski definition) is 0. The molecule has 31 heavy (non-hydrogen) atoms. The minimum Gasteiger partial charge on any atom is -0.390 e. The lowest BCUT2D eigenvalue weighted by molar-refractivity contribution is -0.157. The molecule has 0 bridgehead atoms. The number of thioether (sulfide) groups is 1. The molecule has 0 aliphatic heterocycles. The molecular formula is C24H22O6S. The van der Waals surface area contributed by atoms with Crippen LogP contribution in [0.3, 0.4) is 0 Å². The van der Waals surface area contributed by atoms with Gasteiger partial charge in [0, 0.05) is 23.7 Å². The van der Waals surface area contributed by atoms with E-state index < -0.39 is 23.9 Å². The van der Waals surface area contributed by atoms with Gasteiger partial charge in [0.05, 0.1) is 12.8 Å². The molecule has 0 amide bonds. The quantitative estimate of drug-likeness (QED) is 0.239. The molecule has 0 aromatic heterocycles. The van der Waals surface area contributed by atoms with E-state index >= 15 is 0 Å². The number of carbonyl (C=O) groups excluding carboxylic acids is 4. The second kappa shape index (κ2) is 13.7. The zero-order chi connectivity index (χ0) is 22.3. The number of benzene rings is 2. The van der Waals surface area contributed by atoms with Gasteiger partial charge in [-0.25, -0.2) is 9.59 Å². The molecule has 0 atom stereocenters. The Morgan fingerprint density at radius 3 is 1.42 bits per heavy atom. The molecule has 0 aliphatic carbocycles. The highest BCUT2D eigenvalue weighted by molar-refractivity contribution is 7.99. The topological polar surface area (TPSA) is 86.7 Å². The first-order valence-corrected chi connectivity index (χ1v) is 10.7. The van der Waals surface area contributed by atoms with E-state index in [2.05, 4.69) is 0 Å². The van der Waals surface area contributed by atoms with E-state index in [1.165, 1.54) is 23.9 Å². The predicted octanol–water partition coefficient (Wildman–Crippen LogP) is 4.07. The molecule has 0 fully saturated rings. The van der Waals surface area contributed by atoms with Crippen molar-refractivity contribution in [2.24, 2.45) is 0 Å². The van der Waals surface area contributed by atoms with Gasteiger partial charge in [-0.15, -0.1) is 0 Å². The maximum Gasteiger partial charge on any atom is 0.338 e.